The number of nitrogens with one attached hydrogen (secondary N) is 1. The Balaban J connectivity index is 2.22. The van der Waals surface area contributed by atoms with Gasteiger partial charge < -0.3 is 5.32 Å². The van der Waals surface area contributed by atoms with Gasteiger partial charge in [0.05, 0.1) is 5.25 Å². The first-order valence-electron chi connectivity index (χ1n) is 5.96. The second-order valence-electron chi connectivity index (χ2n) is 5.22. The maximum absolute atomic E-state index is 11.6. The standard InChI is InChI=1S/C12H23NOS/c1-8(2)11(15)12(14)13-7-10-5-4-9(3)6-10/h8-11,15H,4-7H2,1-3H3,(H,13,14). The van der Waals surface area contributed by atoms with Crippen molar-refractivity contribution in [3.8, 4) is 0 Å². The van der Waals surface area contributed by atoms with E-state index in [1.54, 1.807) is 0 Å². The highest BCUT2D eigenvalue weighted by atomic mass is 32.1. The van der Waals surface area contributed by atoms with E-state index in [-0.39, 0.29) is 11.2 Å². The fourth-order valence-corrected chi connectivity index (χ4v) is 2.25. The van der Waals surface area contributed by atoms with Crippen LogP contribution in [0.3, 0.4) is 0 Å². The molecular formula is C12H23NOS. The highest BCUT2D eigenvalue weighted by Crippen LogP contribution is 2.29. The number of thiol groups is 1. The lowest BCUT2D eigenvalue weighted by Crippen LogP contribution is -2.36. The van der Waals surface area contributed by atoms with Crippen molar-refractivity contribution in [2.24, 2.45) is 17.8 Å². The molecule has 0 bridgehead atoms. The van der Waals surface area contributed by atoms with Gasteiger partial charge in [-0.15, -0.1) is 0 Å². The average molecular weight is 229 g/mol. The molecule has 1 N–H and O–H groups in total. The van der Waals surface area contributed by atoms with E-state index in [0.29, 0.717) is 11.8 Å². The first-order valence-corrected chi connectivity index (χ1v) is 6.48. The summed E-state index contributed by atoms with van der Waals surface area (Å²) >= 11 is 4.30. The maximum Gasteiger partial charge on any atom is 0.233 e. The molecule has 0 heterocycles. The van der Waals surface area contributed by atoms with Gasteiger partial charge in [0.15, 0.2) is 0 Å². The van der Waals surface area contributed by atoms with E-state index < -0.39 is 0 Å². The van der Waals surface area contributed by atoms with Gasteiger partial charge in [0.25, 0.3) is 0 Å². The summed E-state index contributed by atoms with van der Waals surface area (Å²) < 4.78 is 0. The Morgan fingerprint density at radius 2 is 2.13 bits per heavy atom. The zero-order valence-corrected chi connectivity index (χ0v) is 10.9. The lowest BCUT2D eigenvalue weighted by atomic mass is 10.1. The molecular weight excluding hydrogens is 206 g/mol. The quantitative estimate of drug-likeness (QED) is 0.713. The number of hydrogen-bond acceptors (Lipinski definition) is 2. The number of rotatable bonds is 4. The molecule has 0 saturated heterocycles. The second-order valence-corrected chi connectivity index (χ2v) is 5.77. The second kappa shape index (κ2) is 5.78. The molecule has 1 saturated carbocycles. The molecule has 1 fully saturated rings. The number of carbonyl (C=O) groups excluding carboxylic acids is 1. The van der Waals surface area contributed by atoms with Gasteiger partial charge in [-0.2, -0.15) is 12.6 Å². The van der Waals surface area contributed by atoms with Gasteiger partial charge in [-0.1, -0.05) is 27.2 Å². The molecule has 1 aliphatic carbocycles. The SMILES string of the molecule is CC1CCC(CNC(=O)C(S)C(C)C)C1. The van der Waals surface area contributed by atoms with Crippen molar-refractivity contribution in [1.29, 1.82) is 0 Å². The van der Waals surface area contributed by atoms with Gasteiger partial charge in [0, 0.05) is 6.54 Å². The number of amides is 1. The molecule has 0 aromatic rings. The van der Waals surface area contributed by atoms with Gasteiger partial charge in [-0.25, -0.2) is 0 Å². The molecule has 0 spiro atoms. The molecule has 3 heteroatoms. The van der Waals surface area contributed by atoms with E-state index in [2.05, 4.69) is 24.9 Å². The molecule has 0 aliphatic heterocycles. The third-order valence-electron chi connectivity index (χ3n) is 3.27. The van der Waals surface area contributed by atoms with Gasteiger partial charge in [-0.3, -0.25) is 4.79 Å². The van der Waals surface area contributed by atoms with Gasteiger partial charge in [0.1, 0.15) is 0 Å². The molecule has 3 atom stereocenters. The van der Waals surface area contributed by atoms with Crippen molar-refractivity contribution in [1.82, 2.24) is 5.32 Å². The largest absolute Gasteiger partial charge is 0.355 e. The monoisotopic (exact) mass is 229 g/mol. The van der Waals surface area contributed by atoms with Crippen molar-refractivity contribution in [3.05, 3.63) is 0 Å². The summed E-state index contributed by atoms with van der Waals surface area (Å²) in [5.41, 5.74) is 0. The van der Waals surface area contributed by atoms with Crippen molar-refractivity contribution in [2.45, 2.75) is 45.3 Å². The van der Waals surface area contributed by atoms with Gasteiger partial charge in [0.2, 0.25) is 5.91 Å². The summed E-state index contributed by atoms with van der Waals surface area (Å²) in [6.07, 6.45) is 3.84. The topological polar surface area (TPSA) is 29.1 Å². The lowest BCUT2D eigenvalue weighted by molar-refractivity contribution is -0.121. The van der Waals surface area contributed by atoms with Crippen LogP contribution in [0.4, 0.5) is 0 Å². The van der Waals surface area contributed by atoms with Crippen LogP contribution < -0.4 is 5.32 Å². The molecule has 0 aromatic carbocycles. The minimum absolute atomic E-state index is 0.0906. The minimum atomic E-state index is -0.163. The summed E-state index contributed by atoms with van der Waals surface area (Å²) in [5, 5.41) is 2.85. The predicted octanol–water partition coefficient (Wildman–Crippen LogP) is 2.49. The predicted molar refractivity (Wildman–Crippen MR) is 67.1 cm³/mol. The molecule has 0 radical (unpaired) electrons. The normalized spacial score (nSPS) is 28.1. The number of hydrogen-bond donors (Lipinski definition) is 2. The Morgan fingerprint density at radius 1 is 1.47 bits per heavy atom. The van der Waals surface area contributed by atoms with E-state index in [9.17, 15) is 4.79 Å². The fraction of sp³-hybridized carbons (Fsp3) is 0.917. The Morgan fingerprint density at radius 3 is 2.60 bits per heavy atom. The van der Waals surface area contributed by atoms with Crippen LogP contribution in [0, 0.1) is 17.8 Å². The molecule has 88 valence electrons. The van der Waals surface area contributed by atoms with Crippen LogP contribution in [-0.2, 0) is 4.79 Å². The smallest absolute Gasteiger partial charge is 0.233 e. The van der Waals surface area contributed by atoms with E-state index >= 15 is 0 Å². The van der Waals surface area contributed by atoms with Crippen LogP contribution in [0.5, 0.6) is 0 Å². The summed E-state index contributed by atoms with van der Waals surface area (Å²) in [5.74, 6) is 1.92. The minimum Gasteiger partial charge on any atom is -0.355 e. The molecule has 3 unspecified atom stereocenters. The molecule has 1 aliphatic rings. The Hall–Kier alpha value is -0.180. The van der Waals surface area contributed by atoms with E-state index in [1.165, 1.54) is 19.3 Å². The highest BCUT2D eigenvalue weighted by molar-refractivity contribution is 7.81. The molecule has 1 amide bonds. The van der Waals surface area contributed by atoms with Gasteiger partial charge >= 0.3 is 0 Å². The Bertz CT molecular complexity index is 218. The van der Waals surface area contributed by atoms with Gasteiger partial charge in [-0.05, 0) is 30.6 Å². The summed E-state index contributed by atoms with van der Waals surface area (Å²) in [4.78, 5) is 11.6. The fourth-order valence-electron chi connectivity index (χ4n) is 2.16. The summed E-state index contributed by atoms with van der Waals surface area (Å²) in [6, 6.07) is 0. The molecule has 0 aromatic heterocycles. The van der Waals surface area contributed by atoms with E-state index in [0.717, 1.165) is 12.5 Å². The summed E-state index contributed by atoms with van der Waals surface area (Å²) in [7, 11) is 0. The van der Waals surface area contributed by atoms with E-state index in [4.69, 9.17) is 0 Å². The van der Waals surface area contributed by atoms with E-state index in [1.807, 2.05) is 13.8 Å². The highest BCUT2D eigenvalue weighted by Gasteiger charge is 2.23. The maximum atomic E-state index is 11.6. The third-order valence-corrected chi connectivity index (χ3v) is 4.10. The number of carbonyl (C=O) groups is 1. The van der Waals surface area contributed by atoms with Crippen LogP contribution in [-0.4, -0.2) is 17.7 Å². The third kappa shape index (κ3) is 4.06. The molecule has 2 nitrogen and oxygen atoms in total. The van der Waals surface area contributed by atoms with Crippen molar-refractivity contribution < 1.29 is 4.79 Å². The van der Waals surface area contributed by atoms with Crippen LogP contribution in [0.15, 0.2) is 0 Å². The zero-order valence-electron chi connectivity index (χ0n) is 9.99. The van der Waals surface area contributed by atoms with Crippen molar-refractivity contribution in [3.63, 3.8) is 0 Å². The first kappa shape index (κ1) is 12.9. The lowest BCUT2D eigenvalue weighted by Gasteiger charge is -2.16. The van der Waals surface area contributed by atoms with Crippen molar-refractivity contribution in [2.75, 3.05) is 6.54 Å². The average Bonchev–Trinajstić information content (AvgIpc) is 2.59. The van der Waals surface area contributed by atoms with Crippen LogP contribution >= 0.6 is 12.6 Å². The molecule has 15 heavy (non-hydrogen) atoms. The van der Waals surface area contributed by atoms with Crippen LogP contribution in [0.1, 0.15) is 40.0 Å². The Kier molecular flexibility index (Phi) is 4.97. The zero-order chi connectivity index (χ0) is 11.4. The Labute approximate surface area is 98.6 Å². The first-order chi connectivity index (χ1) is 7.00. The molecule has 1 rings (SSSR count). The van der Waals surface area contributed by atoms with Crippen LogP contribution in [0.2, 0.25) is 0 Å². The van der Waals surface area contributed by atoms with Crippen LogP contribution in [0.25, 0.3) is 0 Å². The summed E-state index contributed by atoms with van der Waals surface area (Å²) in [6.45, 7) is 7.17. The van der Waals surface area contributed by atoms with Crippen molar-refractivity contribution >= 4 is 18.5 Å².